The van der Waals surface area contributed by atoms with Gasteiger partial charge in [0.25, 0.3) is 0 Å². The summed E-state index contributed by atoms with van der Waals surface area (Å²) in [5.74, 6) is 0. The zero-order valence-electron chi connectivity index (χ0n) is 7.85. The molecule has 0 fully saturated rings. The number of alkyl halides is 12. The quantitative estimate of drug-likeness (QED) is 0.580. The van der Waals surface area contributed by atoms with E-state index in [2.05, 4.69) is 0 Å². The van der Waals surface area contributed by atoms with Gasteiger partial charge in [-0.05, 0) is 0 Å². The number of halogens is 12. The zero-order valence-corrected chi connectivity index (χ0v) is 7.85. The summed E-state index contributed by atoms with van der Waals surface area (Å²) < 4.78 is 143. The fourth-order valence-corrected chi connectivity index (χ4v) is 0.508. The summed E-state index contributed by atoms with van der Waals surface area (Å²) in [6.45, 7) is 0. The van der Waals surface area contributed by atoms with Crippen molar-refractivity contribution in [1.29, 1.82) is 0 Å². The summed E-state index contributed by atoms with van der Waals surface area (Å²) >= 11 is 0. The Morgan fingerprint density at radius 1 is 0.474 bits per heavy atom. The molecule has 0 spiro atoms. The maximum Gasteiger partial charge on any atom is 0.527 e. The maximum absolute atomic E-state index is 12.6. The van der Waals surface area contributed by atoms with Crippen LogP contribution in [-0.4, -0.2) is 30.9 Å². The van der Waals surface area contributed by atoms with Crippen LogP contribution in [0, 0.1) is 0 Å². The van der Waals surface area contributed by atoms with Crippen LogP contribution < -0.4 is 0 Å². The molecule has 0 aromatic carbocycles. The minimum Gasteiger partial charge on any atom is -0.244 e. The lowest BCUT2D eigenvalue weighted by atomic mass is 10.5. The van der Waals surface area contributed by atoms with E-state index in [1.54, 1.807) is 0 Å². The van der Waals surface area contributed by atoms with Gasteiger partial charge in [-0.15, -0.1) is 13.2 Å². The highest BCUT2D eigenvalue weighted by Crippen LogP contribution is 2.47. The Kier molecular flexibility index (Phi) is 4.35. The second-order valence-corrected chi connectivity index (χ2v) is 2.70. The number of hydrogen-bond donors (Lipinski definition) is 0. The number of ether oxygens (including phenoxy) is 2. The SMILES string of the molecule is FC(F)(F)OC(F)(OC(F)(F)C(F)(F)F)C(F)(F)F. The third kappa shape index (κ3) is 4.59. The third-order valence-corrected chi connectivity index (χ3v) is 1.18. The molecule has 14 heteroatoms. The van der Waals surface area contributed by atoms with Crippen LogP contribution in [-0.2, 0) is 9.47 Å². The van der Waals surface area contributed by atoms with Crippen LogP contribution in [0.25, 0.3) is 0 Å². The molecule has 0 aliphatic heterocycles. The molecule has 0 aromatic heterocycles. The third-order valence-electron chi connectivity index (χ3n) is 1.18. The predicted molar refractivity (Wildman–Crippen MR) is 29.1 cm³/mol. The van der Waals surface area contributed by atoms with Crippen molar-refractivity contribution in [2.45, 2.75) is 30.9 Å². The van der Waals surface area contributed by atoms with E-state index in [-0.39, 0.29) is 0 Å². The van der Waals surface area contributed by atoms with Crippen molar-refractivity contribution in [1.82, 2.24) is 0 Å². The topological polar surface area (TPSA) is 18.5 Å². The summed E-state index contributed by atoms with van der Waals surface area (Å²) in [5, 5.41) is 0. The summed E-state index contributed by atoms with van der Waals surface area (Å²) in [5.41, 5.74) is 0. The van der Waals surface area contributed by atoms with E-state index in [1.165, 1.54) is 9.47 Å². The van der Waals surface area contributed by atoms with Crippen molar-refractivity contribution in [2.75, 3.05) is 0 Å². The second-order valence-electron chi connectivity index (χ2n) is 2.70. The molecule has 2 nitrogen and oxygen atoms in total. The molecule has 19 heavy (non-hydrogen) atoms. The van der Waals surface area contributed by atoms with E-state index in [1.807, 2.05) is 0 Å². The normalized spacial score (nSPS) is 18.3. The van der Waals surface area contributed by atoms with E-state index < -0.39 is 30.9 Å². The average molecular weight is 320 g/mol. The van der Waals surface area contributed by atoms with E-state index >= 15 is 0 Å². The summed E-state index contributed by atoms with van der Waals surface area (Å²) in [7, 11) is 0. The van der Waals surface area contributed by atoms with Crippen LogP contribution in [0.2, 0.25) is 0 Å². The number of hydrogen-bond acceptors (Lipinski definition) is 2. The monoisotopic (exact) mass is 320 g/mol. The highest BCUT2D eigenvalue weighted by atomic mass is 19.4. The molecule has 0 rings (SSSR count). The van der Waals surface area contributed by atoms with Gasteiger partial charge in [-0.25, -0.2) is 9.47 Å². The smallest absolute Gasteiger partial charge is 0.244 e. The van der Waals surface area contributed by atoms with E-state index in [0.717, 1.165) is 0 Å². The fourth-order valence-electron chi connectivity index (χ4n) is 0.508. The molecule has 116 valence electrons. The van der Waals surface area contributed by atoms with Gasteiger partial charge in [0, 0.05) is 0 Å². The summed E-state index contributed by atoms with van der Waals surface area (Å²) in [4.78, 5) is 0. The summed E-state index contributed by atoms with van der Waals surface area (Å²) in [6.07, 6.45) is -27.3. The first kappa shape index (κ1) is 18.1. The Morgan fingerprint density at radius 2 is 0.842 bits per heavy atom. The molecule has 0 aliphatic carbocycles. The molecule has 0 saturated heterocycles. The molecule has 1 unspecified atom stereocenters. The molecular weight excluding hydrogens is 320 g/mol. The lowest BCUT2D eigenvalue weighted by molar-refractivity contribution is -0.568. The molecule has 0 aliphatic rings. The largest absolute Gasteiger partial charge is 0.527 e. The van der Waals surface area contributed by atoms with Gasteiger partial charge in [0.05, 0.1) is 0 Å². The minimum absolute atomic E-state index is 1.53. The molecule has 0 bridgehead atoms. The minimum atomic E-state index is -6.98. The predicted octanol–water partition coefficient (Wildman–Crippen LogP) is 3.88. The van der Waals surface area contributed by atoms with Gasteiger partial charge in [-0.1, -0.05) is 0 Å². The van der Waals surface area contributed by atoms with Gasteiger partial charge < -0.3 is 0 Å². The Hall–Kier alpha value is -0.920. The van der Waals surface area contributed by atoms with Crippen molar-refractivity contribution < 1.29 is 62.2 Å². The Labute approximate surface area is 94.4 Å². The van der Waals surface area contributed by atoms with Crippen molar-refractivity contribution in [2.24, 2.45) is 0 Å². The standard InChI is InChI=1S/C5F12O2/c6-1(7,8)3(12,13)18-4(14,2(9,10)11)19-5(15,16)17. The Morgan fingerprint density at radius 3 is 1.05 bits per heavy atom. The van der Waals surface area contributed by atoms with Crippen LogP contribution in [0.3, 0.4) is 0 Å². The van der Waals surface area contributed by atoms with Crippen molar-refractivity contribution in [3.63, 3.8) is 0 Å². The van der Waals surface area contributed by atoms with Gasteiger partial charge in [-0.2, -0.15) is 39.5 Å². The van der Waals surface area contributed by atoms with Crippen LogP contribution >= 0.6 is 0 Å². The lowest BCUT2D eigenvalue weighted by Crippen LogP contribution is -2.56. The van der Waals surface area contributed by atoms with Crippen molar-refractivity contribution >= 4 is 0 Å². The van der Waals surface area contributed by atoms with Gasteiger partial charge in [0.2, 0.25) is 0 Å². The maximum atomic E-state index is 12.6. The first-order valence-corrected chi connectivity index (χ1v) is 3.58. The van der Waals surface area contributed by atoms with Crippen molar-refractivity contribution in [3.05, 3.63) is 0 Å². The van der Waals surface area contributed by atoms with Crippen LogP contribution in [0.4, 0.5) is 52.7 Å². The van der Waals surface area contributed by atoms with Gasteiger partial charge >= 0.3 is 30.9 Å². The van der Waals surface area contributed by atoms with Crippen LogP contribution in [0.1, 0.15) is 0 Å². The average Bonchev–Trinajstić information content (AvgIpc) is 1.92. The molecular formula is C5F12O2. The highest BCUT2D eigenvalue weighted by molar-refractivity contribution is 4.74. The first-order chi connectivity index (χ1) is 7.91. The van der Waals surface area contributed by atoms with E-state index in [4.69, 9.17) is 0 Å². The molecule has 0 N–H and O–H groups in total. The molecule has 0 heterocycles. The van der Waals surface area contributed by atoms with Gasteiger partial charge in [-0.3, -0.25) is 0 Å². The zero-order chi connectivity index (χ0) is 15.9. The van der Waals surface area contributed by atoms with Crippen LogP contribution in [0.5, 0.6) is 0 Å². The molecule has 0 aromatic rings. The number of rotatable bonds is 3. The Balaban J connectivity index is 5.44. The highest BCUT2D eigenvalue weighted by Gasteiger charge is 2.73. The van der Waals surface area contributed by atoms with E-state index in [0.29, 0.717) is 0 Å². The molecule has 0 radical (unpaired) electrons. The van der Waals surface area contributed by atoms with Gasteiger partial charge in [0.1, 0.15) is 0 Å². The first-order valence-electron chi connectivity index (χ1n) is 3.58. The fraction of sp³-hybridized carbons (Fsp3) is 1.00. The van der Waals surface area contributed by atoms with Crippen LogP contribution in [0.15, 0.2) is 0 Å². The van der Waals surface area contributed by atoms with E-state index in [9.17, 15) is 52.7 Å². The second kappa shape index (κ2) is 4.57. The molecule has 0 saturated carbocycles. The van der Waals surface area contributed by atoms with Crippen molar-refractivity contribution in [3.8, 4) is 0 Å². The molecule has 1 atom stereocenters. The van der Waals surface area contributed by atoms with Gasteiger partial charge in [0.15, 0.2) is 0 Å². The summed E-state index contributed by atoms with van der Waals surface area (Å²) in [6, 6.07) is -6.73. The molecule has 0 amide bonds. The lowest BCUT2D eigenvalue weighted by Gasteiger charge is -2.31. The Bertz CT molecular complexity index is 312.